The third-order valence-corrected chi connectivity index (χ3v) is 4.68. The largest absolute Gasteiger partial charge is 0.461 e. The molecule has 3 aromatic rings. The van der Waals surface area contributed by atoms with Crippen LogP contribution in [0.15, 0.2) is 45.7 Å². The van der Waals surface area contributed by atoms with Gasteiger partial charge in [0, 0.05) is 45.2 Å². The molecule has 0 N–H and O–H groups in total. The van der Waals surface area contributed by atoms with Crippen molar-refractivity contribution in [3.8, 4) is 11.6 Å². The highest BCUT2D eigenvalue weighted by molar-refractivity contribution is 5.76. The zero-order valence-corrected chi connectivity index (χ0v) is 15.2. The first-order valence-electron chi connectivity index (χ1n) is 9.01. The minimum absolute atomic E-state index is 0.102. The van der Waals surface area contributed by atoms with Crippen molar-refractivity contribution >= 4 is 11.7 Å². The van der Waals surface area contributed by atoms with Gasteiger partial charge in [0.25, 0.3) is 0 Å². The van der Waals surface area contributed by atoms with Crippen LogP contribution in [0.25, 0.3) is 11.6 Å². The Bertz CT molecular complexity index is 898. The number of piperazine rings is 1. The van der Waals surface area contributed by atoms with E-state index in [-0.39, 0.29) is 5.91 Å². The van der Waals surface area contributed by atoms with Crippen molar-refractivity contribution in [2.24, 2.45) is 0 Å². The number of aryl methyl sites for hydroxylation is 2. The van der Waals surface area contributed by atoms with E-state index >= 15 is 0 Å². The first kappa shape index (κ1) is 17.3. The van der Waals surface area contributed by atoms with Crippen molar-refractivity contribution in [3.63, 3.8) is 0 Å². The predicted molar refractivity (Wildman–Crippen MR) is 98.1 cm³/mol. The molecule has 8 heteroatoms. The molecule has 4 heterocycles. The predicted octanol–water partition coefficient (Wildman–Crippen LogP) is 2.31. The van der Waals surface area contributed by atoms with Crippen LogP contribution in [0.3, 0.4) is 0 Å². The molecule has 0 radical (unpaired) electrons. The SMILES string of the molecule is Cc1cccnc1N1CCN(C(=O)CCc2nc(-c3ccco3)no2)CC1. The first-order chi connectivity index (χ1) is 13.2. The zero-order chi connectivity index (χ0) is 18.6. The third-order valence-electron chi connectivity index (χ3n) is 4.68. The summed E-state index contributed by atoms with van der Waals surface area (Å²) >= 11 is 0. The number of furan rings is 1. The number of nitrogens with zero attached hydrogens (tertiary/aromatic N) is 5. The van der Waals surface area contributed by atoms with E-state index in [0.717, 1.165) is 24.5 Å². The van der Waals surface area contributed by atoms with E-state index < -0.39 is 0 Å². The minimum Gasteiger partial charge on any atom is -0.461 e. The van der Waals surface area contributed by atoms with Crippen LogP contribution in [0.4, 0.5) is 5.82 Å². The molecular formula is C19H21N5O3. The highest BCUT2D eigenvalue weighted by Gasteiger charge is 2.23. The smallest absolute Gasteiger partial charge is 0.238 e. The molecule has 1 aliphatic heterocycles. The molecule has 8 nitrogen and oxygen atoms in total. The van der Waals surface area contributed by atoms with Gasteiger partial charge in [-0.3, -0.25) is 4.79 Å². The number of amides is 1. The summed E-state index contributed by atoms with van der Waals surface area (Å²) in [5.74, 6) is 2.50. The fourth-order valence-electron chi connectivity index (χ4n) is 3.21. The van der Waals surface area contributed by atoms with E-state index in [1.165, 1.54) is 0 Å². The average molecular weight is 367 g/mol. The maximum Gasteiger partial charge on any atom is 0.238 e. The van der Waals surface area contributed by atoms with Gasteiger partial charge in [-0.1, -0.05) is 11.2 Å². The maximum absolute atomic E-state index is 12.5. The molecule has 0 bridgehead atoms. The molecule has 3 aromatic heterocycles. The van der Waals surface area contributed by atoms with Crippen LogP contribution < -0.4 is 4.90 Å². The van der Waals surface area contributed by atoms with E-state index in [2.05, 4.69) is 33.0 Å². The molecule has 0 atom stereocenters. The quantitative estimate of drug-likeness (QED) is 0.684. The first-order valence-corrected chi connectivity index (χ1v) is 9.01. The Balaban J connectivity index is 1.28. The lowest BCUT2D eigenvalue weighted by atomic mass is 10.2. The monoisotopic (exact) mass is 367 g/mol. The van der Waals surface area contributed by atoms with Crippen LogP contribution in [0.2, 0.25) is 0 Å². The number of carbonyl (C=O) groups is 1. The number of hydrogen-bond donors (Lipinski definition) is 0. The van der Waals surface area contributed by atoms with Crippen LogP contribution in [-0.2, 0) is 11.2 Å². The van der Waals surface area contributed by atoms with Crippen LogP contribution in [0, 0.1) is 6.92 Å². The molecule has 4 rings (SSSR count). The van der Waals surface area contributed by atoms with Crippen molar-refractivity contribution in [2.45, 2.75) is 19.8 Å². The topological polar surface area (TPSA) is 88.5 Å². The van der Waals surface area contributed by atoms with Crippen molar-refractivity contribution in [3.05, 3.63) is 48.2 Å². The van der Waals surface area contributed by atoms with Gasteiger partial charge in [-0.25, -0.2) is 4.98 Å². The third kappa shape index (κ3) is 3.84. The van der Waals surface area contributed by atoms with Gasteiger partial charge in [0.15, 0.2) is 5.76 Å². The molecule has 140 valence electrons. The van der Waals surface area contributed by atoms with Gasteiger partial charge in [0.05, 0.1) is 6.26 Å². The van der Waals surface area contributed by atoms with Crippen LogP contribution in [-0.4, -0.2) is 52.1 Å². The van der Waals surface area contributed by atoms with Crippen molar-refractivity contribution in [1.82, 2.24) is 20.0 Å². The number of carbonyl (C=O) groups excluding carboxylic acids is 1. The lowest BCUT2D eigenvalue weighted by molar-refractivity contribution is -0.131. The summed E-state index contributed by atoms with van der Waals surface area (Å²) in [6.07, 6.45) is 4.14. The average Bonchev–Trinajstić information content (AvgIpc) is 3.38. The number of rotatable bonds is 5. The van der Waals surface area contributed by atoms with E-state index in [4.69, 9.17) is 8.94 Å². The molecule has 1 amide bonds. The Hall–Kier alpha value is -3.16. The number of anilines is 1. The summed E-state index contributed by atoms with van der Waals surface area (Å²) in [6.45, 7) is 5.01. The highest BCUT2D eigenvalue weighted by Crippen LogP contribution is 2.19. The molecule has 0 aromatic carbocycles. The molecule has 0 unspecified atom stereocenters. The van der Waals surface area contributed by atoms with E-state index in [1.807, 2.05) is 11.0 Å². The fraction of sp³-hybridized carbons (Fsp3) is 0.368. The Kier molecular flexibility index (Phi) is 4.86. The Labute approximate surface area is 156 Å². The van der Waals surface area contributed by atoms with E-state index in [1.54, 1.807) is 24.6 Å². The summed E-state index contributed by atoms with van der Waals surface area (Å²) < 4.78 is 10.4. The molecule has 0 aliphatic carbocycles. The lowest BCUT2D eigenvalue weighted by Crippen LogP contribution is -2.49. The summed E-state index contributed by atoms with van der Waals surface area (Å²) in [4.78, 5) is 25.3. The second-order valence-electron chi connectivity index (χ2n) is 6.50. The maximum atomic E-state index is 12.5. The normalized spacial score (nSPS) is 14.6. The van der Waals surface area contributed by atoms with Gasteiger partial charge in [-0.15, -0.1) is 0 Å². The van der Waals surface area contributed by atoms with Crippen molar-refractivity contribution in [1.29, 1.82) is 0 Å². The standard InChI is InChI=1S/C19H21N5O3/c1-14-4-2-8-20-19(14)24-11-9-23(10-12-24)17(25)7-6-16-21-18(22-27-16)15-5-3-13-26-15/h2-5,8,13H,6-7,9-12H2,1H3. The fourth-order valence-corrected chi connectivity index (χ4v) is 3.21. The number of pyridine rings is 1. The molecule has 1 fully saturated rings. The minimum atomic E-state index is 0.102. The van der Waals surface area contributed by atoms with E-state index in [9.17, 15) is 4.79 Å². The van der Waals surface area contributed by atoms with Gasteiger partial charge >= 0.3 is 0 Å². The van der Waals surface area contributed by atoms with Gasteiger partial charge in [0.2, 0.25) is 17.6 Å². The molecule has 1 aliphatic rings. The highest BCUT2D eigenvalue weighted by atomic mass is 16.5. The zero-order valence-electron chi connectivity index (χ0n) is 15.2. The van der Waals surface area contributed by atoms with E-state index in [0.29, 0.717) is 43.4 Å². The van der Waals surface area contributed by atoms with Crippen molar-refractivity contribution in [2.75, 3.05) is 31.1 Å². The second-order valence-corrected chi connectivity index (χ2v) is 6.50. The molecule has 0 saturated carbocycles. The second kappa shape index (κ2) is 7.61. The molecule has 0 spiro atoms. The van der Waals surface area contributed by atoms with Gasteiger partial charge in [-0.05, 0) is 30.7 Å². The Morgan fingerprint density at radius 2 is 2.04 bits per heavy atom. The lowest BCUT2D eigenvalue weighted by Gasteiger charge is -2.36. The summed E-state index contributed by atoms with van der Waals surface area (Å²) in [5.41, 5.74) is 1.15. The summed E-state index contributed by atoms with van der Waals surface area (Å²) in [5, 5.41) is 3.88. The van der Waals surface area contributed by atoms with Crippen LogP contribution in [0.1, 0.15) is 17.9 Å². The number of aromatic nitrogens is 3. The molecule has 27 heavy (non-hydrogen) atoms. The Morgan fingerprint density at radius 3 is 2.78 bits per heavy atom. The summed E-state index contributed by atoms with van der Waals surface area (Å²) in [6, 6.07) is 7.53. The van der Waals surface area contributed by atoms with Gasteiger partial charge in [0.1, 0.15) is 5.82 Å². The number of hydrogen-bond acceptors (Lipinski definition) is 7. The Morgan fingerprint density at radius 1 is 1.19 bits per heavy atom. The van der Waals surface area contributed by atoms with Gasteiger partial charge in [-0.2, -0.15) is 4.98 Å². The summed E-state index contributed by atoms with van der Waals surface area (Å²) in [7, 11) is 0. The molecule has 1 saturated heterocycles. The van der Waals surface area contributed by atoms with Crippen LogP contribution in [0.5, 0.6) is 0 Å². The van der Waals surface area contributed by atoms with Crippen molar-refractivity contribution < 1.29 is 13.7 Å². The molecular weight excluding hydrogens is 346 g/mol. The van der Waals surface area contributed by atoms with Gasteiger partial charge < -0.3 is 18.7 Å². The van der Waals surface area contributed by atoms with Crippen LogP contribution >= 0.6 is 0 Å².